The normalized spacial score (nSPS) is 14.9. The fourth-order valence-electron chi connectivity index (χ4n) is 2.35. The zero-order valence-corrected chi connectivity index (χ0v) is 12.3. The SMILES string of the molecule is CCCCN(CCC(=O)c1ccccc1Cl)C1CC1. The number of halogens is 1. The van der Waals surface area contributed by atoms with Gasteiger partial charge in [-0.25, -0.2) is 0 Å². The van der Waals surface area contributed by atoms with Crippen LogP contribution in [0.5, 0.6) is 0 Å². The van der Waals surface area contributed by atoms with Crippen molar-refractivity contribution in [2.75, 3.05) is 13.1 Å². The topological polar surface area (TPSA) is 20.3 Å². The molecule has 0 spiro atoms. The Morgan fingerprint density at radius 1 is 1.32 bits per heavy atom. The quantitative estimate of drug-likeness (QED) is 0.666. The van der Waals surface area contributed by atoms with Crippen LogP contribution in [0.1, 0.15) is 49.4 Å². The molecule has 1 saturated carbocycles. The predicted octanol–water partition coefficient (Wildman–Crippen LogP) is 4.18. The summed E-state index contributed by atoms with van der Waals surface area (Å²) in [4.78, 5) is 14.6. The highest BCUT2D eigenvalue weighted by Crippen LogP contribution is 2.27. The van der Waals surface area contributed by atoms with Crippen molar-refractivity contribution < 1.29 is 4.79 Å². The van der Waals surface area contributed by atoms with E-state index in [2.05, 4.69) is 11.8 Å². The molecular weight excluding hydrogens is 258 g/mol. The first-order valence-electron chi connectivity index (χ1n) is 7.24. The van der Waals surface area contributed by atoms with Crippen LogP contribution in [0.3, 0.4) is 0 Å². The summed E-state index contributed by atoms with van der Waals surface area (Å²) in [6.07, 6.45) is 5.59. The number of benzene rings is 1. The molecule has 0 aliphatic heterocycles. The van der Waals surface area contributed by atoms with E-state index in [1.807, 2.05) is 18.2 Å². The molecule has 0 saturated heterocycles. The highest BCUT2D eigenvalue weighted by Gasteiger charge is 2.28. The Balaban J connectivity index is 1.86. The van der Waals surface area contributed by atoms with Crippen LogP contribution >= 0.6 is 11.6 Å². The number of nitrogens with zero attached hydrogens (tertiary/aromatic N) is 1. The lowest BCUT2D eigenvalue weighted by atomic mass is 10.1. The van der Waals surface area contributed by atoms with Crippen LogP contribution in [-0.2, 0) is 0 Å². The highest BCUT2D eigenvalue weighted by molar-refractivity contribution is 6.33. The van der Waals surface area contributed by atoms with Crippen molar-refractivity contribution in [2.24, 2.45) is 0 Å². The van der Waals surface area contributed by atoms with E-state index in [4.69, 9.17) is 11.6 Å². The number of carbonyl (C=O) groups excluding carboxylic acids is 1. The van der Waals surface area contributed by atoms with Gasteiger partial charge in [-0.15, -0.1) is 0 Å². The highest BCUT2D eigenvalue weighted by atomic mass is 35.5. The van der Waals surface area contributed by atoms with Crippen LogP contribution in [0.15, 0.2) is 24.3 Å². The van der Waals surface area contributed by atoms with Gasteiger partial charge in [0.15, 0.2) is 5.78 Å². The van der Waals surface area contributed by atoms with Crippen LogP contribution in [0.2, 0.25) is 5.02 Å². The molecule has 1 aliphatic carbocycles. The number of Topliss-reactive ketones (excluding diaryl/α,β-unsaturated/α-hetero) is 1. The maximum Gasteiger partial charge on any atom is 0.165 e. The number of unbranched alkanes of at least 4 members (excludes halogenated alkanes) is 1. The summed E-state index contributed by atoms with van der Waals surface area (Å²) >= 11 is 6.06. The van der Waals surface area contributed by atoms with Gasteiger partial charge in [0, 0.05) is 24.6 Å². The minimum atomic E-state index is 0.160. The van der Waals surface area contributed by atoms with Gasteiger partial charge in [-0.2, -0.15) is 0 Å². The lowest BCUT2D eigenvalue weighted by Gasteiger charge is -2.21. The molecule has 2 nitrogen and oxygen atoms in total. The van der Waals surface area contributed by atoms with Crippen molar-refractivity contribution in [1.29, 1.82) is 0 Å². The van der Waals surface area contributed by atoms with E-state index in [1.165, 1.54) is 25.7 Å². The Morgan fingerprint density at radius 3 is 2.68 bits per heavy atom. The molecule has 1 aliphatic rings. The summed E-state index contributed by atoms with van der Waals surface area (Å²) < 4.78 is 0. The molecule has 0 aromatic heterocycles. The molecule has 3 heteroatoms. The predicted molar refractivity (Wildman–Crippen MR) is 79.9 cm³/mol. The lowest BCUT2D eigenvalue weighted by molar-refractivity contribution is 0.0962. The van der Waals surface area contributed by atoms with Crippen LogP contribution in [0.25, 0.3) is 0 Å². The van der Waals surface area contributed by atoms with Crippen LogP contribution in [-0.4, -0.2) is 29.8 Å². The summed E-state index contributed by atoms with van der Waals surface area (Å²) in [7, 11) is 0. The summed E-state index contributed by atoms with van der Waals surface area (Å²) in [6.45, 7) is 4.20. The first kappa shape index (κ1) is 14.5. The van der Waals surface area contributed by atoms with E-state index in [-0.39, 0.29) is 5.78 Å². The molecule has 1 fully saturated rings. The maximum atomic E-state index is 12.2. The Hall–Kier alpha value is -0.860. The van der Waals surface area contributed by atoms with E-state index < -0.39 is 0 Å². The fourth-order valence-corrected chi connectivity index (χ4v) is 2.59. The maximum absolute atomic E-state index is 12.2. The first-order chi connectivity index (χ1) is 9.22. The van der Waals surface area contributed by atoms with Gasteiger partial charge in [-0.1, -0.05) is 37.1 Å². The van der Waals surface area contributed by atoms with Crippen molar-refractivity contribution in [3.63, 3.8) is 0 Å². The second-order valence-corrected chi connectivity index (χ2v) is 5.68. The number of hydrogen-bond acceptors (Lipinski definition) is 2. The summed E-state index contributed by atoms with van der Waals surface area (Å²) in [5.74, 6) is 0.160. The third-order valence-corrected chi connectivity index (χ3v) is 3.99. The van der Waals surface area contributed by atoms with E-state index >= 15 is 0 Å². The summed E-state index contributed by atoms with van der Waals surface area (Å²) in [5, 5.41) is 0.569. The largest absolute Gasteiger partial charge is 0.300 e. The van der Waals surface area contributed by atoms with E-state index in [1.54, 1.807) is 6.07 Å². The average molecular weight is 280 g/mol. The van der Waals surface area contributed by atoms with Crippen LogP contribution < -0.4 is 0 Å². The molecule has 2 rings (SSSR count). The molecule has 0 atom stereocenters. The smallest absolute Gasteiger partial charge is 0.165 e. The lowest BCUT2D eigenvalue weighted by Crippen LogP contribution is -2.29. The molecule has 0 N–H and O–H groups in total. The zero-order chi connectivity index (χ0) is 13.7. The molecule has 0 bridgehead atoms. The van der Waals surface area contributed by atoms with Crippen LogP contribution in [0.4, 0.5) is 0 Å². The van der Waals surface area contributed by atoms with Crippen molar-refractivity contribution in [1.82, 2.24) is 4.90 Å². The Morgan fingerprint density at radius 2 is 2.05 bits per heavy atom. The van der Waals surface area contributed by atoms with E-state index in [9.17, 15) is 4.79 Å². The fraction of sp³-hybridized carbons (Fsp3) is 0.562. The van der Waals surface area contributed by atoms with Crippen LogP contribution in [0, 0.1) is 0 Å². The van der Waals surface area contributed by atoms with Gasteiger partial charge in [0.25, 0.3) is 0 Å². The van der Waals surface area contributed by atoms with Crippen molar-refractivity contribution >= 4 is 17.4 Å². The number of carbonyl (C=O) groups is 1. The molecule has 1 aromatic carbocycles. The summed E-state index contributed by atoms with van der Waals surface area (Å²) in [6, 6.07) is 8.06. The minimum Gasteiger partial charge on any atom is -0.300 e. The first-order valence-corrected chi connectivity index (χ1v) is 7.62. The zero-order valence-electron chi connectivity index (χ0n) is 11.6. The van der Waals surface area contributed by atoms with Gasteiger partial charge in [-0.3, -0.25) is 9.69 Å². The third kappa shape index (κ3) is 4.32. The second-order valence-electron chi connectivity index (χ2n) is 5.27. The van der Waals surface area contributed by atoms with Gasteiger partial charge in [0.05, 0.1) is 5.02 Å². The molecule has 0 radical (unpaired) electrons. The van der Waals surface area contributed by atoms with E-state index in [0.717, 1.165) is 19.1 Å². The number of ketones is 1. The molecule has 19 heavy (non-hydrogen) atoms. The van der Waals surface area contributed by atoms with Gasteiger partial charge < -0.3 is 0 Å². The Kier molecular flexibility index (Phi) is 5.41. The van der Waals surface area contributed by atoms with Crippen molar-refractivity contribution in [3.8, 4) is 0 Å². The Labute approximate surface area is 120 Å². The third-order valence-electron chi connectivity index (χ3n) is 3.66. The molecule has 0 unspecified atom stereocenters. The Bertz CT molecular complexity index is 429. The van der Waals surface area contributed by atoms with Gasteiger partial charge in [0.1, 0.15) is 0 Å². The average Bonchev–Trinajstić information content (AvgIpc) is 3.23. The van der Waals surface area contributed by atoms with Crippen molar-refractivity contribution in [3.05, 3.63) is 34.9 Å². The molecule has 0 amide bonds. The number of hydrogen-bond donors (Lipinski definition) is 0. The standard InChI is InChI=1S/C16H22ClNO/c1-2-3-11-18(13-8-9-13)12-10-16(19)14-6-4-5-7-15(14)17/h4-7,13H,2-3,8-12H2,1H3. The molecular formula is C16H22ClNO. The van der Waals surface area contributed by atoms with Gasteiger partial charge >= 0.3 is 0 Å². The molecule has 1 aromatic rings. The molecule has 104 valence electrons. The molecule has 0 heterocycles. The summed E-state index contributed by atoms with van der Waals surface area (Å²) in [5.41, 5.74) is 0.662. The van der Waals surface area contributed by atoms with E-state index in [0.29, 0.717) is 17.0 Å². The minimum absolute atomic E-state index is 0.160. The monoisotopic (exact) mass is 279 g/mol. The second kappa shape index (κ2) is 7.06. The van der Waals surface area contributed by atoms with Gasteiger partial charge in [0.2, 0.25) is 0 Å². The van der Waals surface area contributed by atoms with Gasteiger partial charge in [-0.05, 0) is 37.9 Å². The van der Waals surface area contributed by atoms with Crippen molar-refractivity contribution in [2.45, 2.75) is 45.1 Å². The number of rotatable bonds is 8.